The van der Waals surface area contributed by atoms with Gasteiger partial charge in [-0.05, 0) is 44.9 Å². The number of piperazine rings is 1. The monoisotopic (exact) mass is 488 g/mol. The molecule has 2 aliphatic heterocycles. The molecule has 9 nitrogen and oxygen atoms in total. The third kappa shape index (κ3) is 5.59. The Balaban J connectivity index is 0.00000324. The van der Waals surface area contributed by atoms with E-state index in [0.29, 0.717) is 6.42 Å². The number of nitrogens with one attached hydrogen (secondary N) is 2. The van der Waals surface area contributed by atoms with Crippen LogP contribution in [0, 0.1) is 0 Å². The molecule has 3 heterocycles. The van der Waals surface area contributed by atoms with Crippen molar-refractivity contribution in [3.05, 3.63) is 36.2 Å². The van der Waals surface area contributed by atoms with Crippen molar-refractivity contribution in [3.63, 3.8) is 0 Å². The van der Waals surface area contributed by atoms with Crippen LogP contribution in [0.4, 0.5) is 16.3 Å². The van der Waals surface area contributed by atoms with Crippen molar-refractivity contribution in [2.45, 2.75) is 52.3 Å². The zero-order chi connectivity index (χ0) is 23.5. The number of hydrogen-bond donors (Lipinski definition) is 2. The van der Waals surface area contributed by atoms with Crippen LogP contribution in [-0.2, 0) is 9.53 Å². The highest BCUT2D eigenvalue weighted by Gasteiger charge is 2.34. The van der Waals surface area contributed by atoms with Gasteiger partial charge < -0.3 is 25.2 Å². The number of amides is 2. The van der Waals surface area contributed by atoms with Gasteiger partial charge in [0.15, 0.2) is 0 Å². The van der Waals surface area contributed by atoms with Crippen LogP contribution in [0.15, 0.2) is 30.6 Å². The second-order valence-electron chi connectivity index (χ2n) is 8.90. The first kappa shape index (κ1) is 25.7. The van der Waals surface area contributed by atoms with E-state index in [-0.39, 0.29) is 36.5 Å². The number of rotatable bonds is 4. The molecule has 2 atom stereocenters. The van der Waals surface area contributed by atoms with E-state index in [1.165, 1.54) is 0 Å². The molecule has 0 unspecified atom stereocenters. The van der Waals surface area contributed by atoms with Crippen molar-refractivity contribution in [3.8, 4) is 11.3 Å². The first-order valence-corrected chi connectivity index (χ1v) is 11.5. The SMILES string of the molecule is CC(=O)N1c2ccc(-c3cnc(N4CCNCC4)cn3)cc2[C@H](NC(=O)OC(C)C)C[C@@H]1C.Cl. The number of ether oxygens (including phenoxy) is 1. The van der Waals surface area contributed by atoms with Gasteiger partial charge >= 0.3 is 6.09 Å². The Morgan fingerprint density at radius 1 is 1.18 bits per heavy atom. The van der Waals surface area contributed by atoms with Crippen LogP contribution < -0.4 is 20.4 Å². The molecular formula is C24H33ClN6O3. The van der Waals surface area contributed by atoms with E-state index in [1.54, 1.807) is 24.2 Å². The Bertz CT molecular complexity index is 1010. The number of aromatic nitrogens is 2. The second-order valence-corrected chi connectivity index (χ2v) is 8.90. The van der Waals surface area contributed by atoms with Gasteiger partial charge in [-0.2, -0.15) is 0 Å². The van der Waals surface area contributed by atoms with E-state index >= 15 is 0 Å². The molecule has 2 aromatic rings. The fourth-order valence-electron chi connectivity index (χ4n) is 4.56. The fraction of sp³-hybridized carbons (Fsp3) is 0.500. The molecule has 1 fully saturated rings. The maximum absolute atomic E-state index is 12.4. The summed E-state index contributed by atoms with van der Waals surface area (Å²) in [6, 6.07) is 5.54. The summed E-state index contributed by atoms with van der Waals surface area (Å²) in [7, 11) is 0. The first-order chi connectivity index (χ1) is 15.8. The van der Waals surface area contributed by atoms with Crippen LogP contribution in [0.5, 0.6) is 0 Å². The van der Waals surface area contributed by atoms with E-state index in [0.717, 1.165) is 54.5 Å². The molecule has 184 valence electrons. The predicted molar refractivity (Wildman–Crippen MR) is 135 cm³/mol. The molecule has 0 aliphatic carbocycles. The van der Waals surface area contributed by atoms with E-state index in [4.69, 9.17) is 4.74 Å². The number of carbonyl (C=O) groups excluding carboxylic acids is 2. The van der Waals surface area contributed by atoms with Crippen LogP contribution in [0.2, 0.25) is 0 Å². The van der Waals surface area contributed by atoms with Crippen LogP contribution in [-0.4, -0.2) is 60.3 Å². The first-order valence-electron chi connectivity index (χ1n) is 11.5. The van der Waals surface area contributed by atoms with Gasteiger partial charge in [0, 0.05) is 50.4 Å². The van der Waals surface area contributed by atoms with Crippen molar-refractivity contribution in [1.29, 1.82) is 0 Å². The standard InChI is InChI=1S/C24H32N6O3.ClH/c1-15(2)33-24(32)28-20-11-16(3)30(17(4)31)22-6-5-18(12-19(20)22)21-13-27-23(14-26-21)29-9-7-25-8-10-29;/h5-6,12-16,20,25H,7-11H2,1-4H3,(H,28,32);1H/t16-,20+;/m0./s1. The van der Waals surface area contributed by atoms with Crippen molar-refractivity contribution >= 4 is 35.9 Å². The van der Waals surface area contributed by atoms with Crippen LogP contribution in [0.3, 0.4) is 0 Å². The quantitative estimate of drug-likeness (QED) is 0.681. The average molecular weight is 489 g/mol. The summed E-state index contributed by atoms with van der Waals surface area (Å²) < 4.78 is 5.30. The highest BCUT2D eigenvalue weighted by atomic mass is 35.5. The molecule has 10 heteroatoms. The van der Waals surface area contributed by atoms with E-state index < -0.39 is 6.09 Å². The fourth-order valence-corrected chi connectivity index (χ4v) is 4.56. The molecule has 2 aliphatic rings. The topological polar surface area (TPSA) is 99.7 Å². The third-order valence-corrected chi connectivity index (χ3v) is 6.03. The summed E-state index contributed by atoms with van der Waals surface area (Å²) in [5.41, 5.74) is 3.29. The molecule has 2 N–H and O–H groups in total. The molecular weight excluding hydrogens is 456 g/mol. The number of fused-ring (bicyclic) bond motifs is 1. The van der Waals surface area contributed by atoms with E-state index in [1.807, 2.05) is 39.0 Å². The van der Waals surface area contributed by atoms with Crippen LogP contribution in [0.1, 0.15) is 45.7 Å². The minimum Gasteiger partial charge on any atom is -0.447 e. The molecule has 1 aromatic carbocycles. The van der Waals surface area contributed by atoms with Gasteiger partial charge in [0.2, 0.25) is 5.91 Å². The minimum atomic E-state index is -0.463. The third-order valence-electron chi connectivity index (χ3n) is 6.03. The maximum atomic E-state index is 12.4. The van der Waals surface area contributed by atoms with Crippen molar-refractivity contribution in [2.24, 2.45) is 0 Å². The molecule has 0 bridgehead atoms. The summed E-state index contributed by atoms with van der Waals surface area (Å²) in [6.45, 7) is 10.9. The number of hydrogen-bond acceptors (Lipinski definition) is 7. The average Bonchev–Trinajstić information content (AvgIpc) is 2.79. The van der Waals surface area contributed by atoms with E-state index in [9.17, 15) is 9.59 Å². The van der Waals surface area contributed by atoms with Gasteiger partial charge in [0.25, 0.3) is 0 Å². The molecule has 2 amide bonds. The zero-order valence-corrected chi connectivity index (χ0v) is 20.9. The summed E-state index contributed by atoms with van der Waals surface area (Å²) in [6.07, 6.45) is 3.50. The lowest BCUT2D eigenvalue weighted by Crippen LogP contribution is -2.45. The van der Waals surface area contributed by atoms with Gasteiger partial charge in [0.1, 0.15) is 5.82 Å². The minimum absolute atomic E-state index is 0. The second kappa shape index (κ2) is 11.0. The molecule has 1 aromatic heterocycles. The van der Waals surface area contributed by atoms with Gasteiger partial charge in [-0.1, -0.05) is 6.07 Å². The van der Waals surface area contributed by atoms with Gasteiger partial charge in [-0.25, -0.2) is 9.78 Å². The molecule has 0 saturated carbocycles. The van der Waals surface area contributed by atoms with Crippen LogP contribution in [0.25, 0.3) is 11.3 Å². The predicted octanol–water partition coefficient (Wildman–Crippen LogP) is 3.30. The number of halogens is 1. The Morgan fingerprint density at radius 3 is 2.53 bits per heavy atom. The number of nitrogens with zero attached hydrogens (tertiary/aromatic N) is 4. The Hall–Kier alpha value is -2.91. The molecule has 4 rings (SSSR count). The zero-order valence-electron chi connectivity index (χ0n) is 20.1. The Kier molecular flexibility index (Phi) is 8.33. The summed E-state index contributed by atoms with van der Waals surface area (Å²) in [5, 5.41) is 6.32. The number of anilines is 2. The molecule has 0 spiro atoms. The molecule has 1 saturated heterocycles. The Labute approximate surface area is 206 Å². The number of alkyl carbamates (subject to hydrolysis) is 1. The highest BCUT2D eigenvalue weighted by molar-refractivity contribution is 5.94. The summed E-state index contributed by atoms with van der Waals surface area (Å²) in [5.74, 6) is 0.839. The van der Waals surface area contributed by atoms with Crippen molar-refractivity contribution in [2.75, 3.05) is 36.0 Å². The highest BCUT2D eigenvalue weighted by Crippen LogP contribution is 2.39. The number of carbonyl (C=O) groups is 2. The van der Waals surface area contributed by atoms with Gasteiger partial charge in [0.05, 0.1) is 30.2 Å². The normalized spacial score (nSPS) is 19.8. The van der Waals surface area contributed by atoms with Gasteiger partial charge in [-0.15, -0.1) is 12.4 Å². The van der Waals surface area contributed by atoms with Crippen molar-refractivity contribution in [1.82, 2.24) is 20.6 Å². The molecule has 34 heavy (non-hydrogen) atoms. The summed E-state index contributed by atoms with van der Waals surface area (Å²) >= 11 is 0. The lowest BCUT2D eigenvalue weighted by atomic mass is 9.90. The largest absolute Gasteiger partial charge is 0.447 e. The summed E-state index contributed by atoms with van der Waals surface area (Å²) in [4.78, 5) is 38.0. The smallest absolute Gasteiger partial charge is 0.407 e. The van der Waals surface area contributed by atoms with E-state index in [2.05, 4.69) is 25.5 Å². The Morgan fingerprint density at radius 2 is 1.91 bits per heavy atom. The van der Waals surface area contributed by atoms with Crippen LogP contribution >= 0.6 is 12.4 Å². The van der Waals surface area contributed by atoms with Gasteiger partial charge in [-0.3, -0.25) is 9.78 Å². The lowest BCUT2D eigenvalue weighted by Gasteiger charge is -2.39. The maximum Gasteiger partial charge on any atom is 0.407 e. The van der Waals surface area contributed by atoms with Crippen molar-refractivity contribution < 1.29 is 14.3 Å². The molecule has 0 radical (unpaired) electrons. The number of benzene rings is 1. The lowest BCUT2D eigenvalue weighted by molar-refractivity contribution is -0.117.